The van der Waals surface area contributed by atoms with Crippen LogP contribution in [0.5, 0.6) is 0 Å². The van der Waals surface area contributed by atoms with Crippen molar-refractivity contribution in [1.29, 1.82) is 0 Å². The summed E-state index contributed by atoms with van der Waals surface area (Å²) in [7, 11) is 0. The number of hydrogen-bond acceptors (Lipinski definition) is 5. The molecule has 2 heterocycles. The van der Waals surface area contributed by atoms with E-state index in [9.17, 15) is 4.79 Å². The maximum absolute atomic E-state index is 10.1. The molecule has 0 amide bonds. The summed E-state index contributed by atoms with van der Waals surface area (Å²) >= 11 is 0. The van der Waals surface area contributed by atoms with Gasteiger partial charge in [-0.25, -0.2) is 0 Å². The number of nitrogens with two attached hydrogens (primary N) is 1. The van der Waals surface area contributed by atoms with Crippen molar-refractivity contribution in [2.24, 2.45) is 0 Å². The lowest BCUT2D eigenvalue weighted by Gasteiger charge is -1.92. The van der Waals surface area contributed by atoms with E-state index in [2.05, 4.69) is 10.1 Å². The van der Waals surface area contributed by atoms with Crippen molar-refractivity contribution in [2.75, 3.05) is 5.73 Å². The van der Waals surface area contributed by atoms with Gasteiger partial charge in [-0.3, -0.25) is 9.78 Å². The molecule has 0 saturated heterocycles. The zero-order valence-electron chi connectivity index (χ0n) is 9.48. The van der Waals surface area contributed by atoms with Crippen LogP contribution in [0, 0.1) is 0 Å². The van der Waals surface area contributed by atoms with Crippen LogP contribution in [0.3, 0.4) is 0 Å². The molecule has 3 aromatic rings. The van der Waals surface area contributed by atoms with E-state index in [4.69, 9.17) is 10.3 Å². The van der Waals surface area contributed by atoms with Gasteiger partial charge in [0, 0.05) is 23.5 Å². The maximum atomic E-state index is 10.1. The minimum absolute atomic E-state index is 0.442. The minimum atomic E-state index is 0.442. The van der Waals surface area contributed by atoms with E-state index in [0.717, 1.165) is 11.0 Å². The predicted octanol–water partition coefficient (Wildman–Crippen LogP) is 2.30. The van der Waals surface area contributed by atoms with Crippen molar-refractivity contribution in [3.8, 4) is 0 Å². The summed E-state index contributed by atoms with van der Waals surface area (Å²) in [6.45, 7) is 0. The molecule has 0 fully saturated rings. The topological polar surface area (TPSA) is 82.0 Å². The van der Waals surface area contributed by atoms with Gasteiger partial charge in [0.15, 0.2) is 11.9 Å². The van der Waals surface area contributed by atoms with E-state index < -0.39 is 0 Å². The SMILES string of the molecule is Nc1ccncc1C=O.c1ccc2oncc2c1. The lowest BCUT2D eigenvalue weighted by molar-refractivity contribution is 0.112. The molecular formula is C13H11N3O2. The summed E-state index contributed by atoms with van der Waals surface area (Å²) in [5.41, 5.74) is 7.12. The third-order valence-electron chi connectivity index (χ3n) is 2.28. The van der Waals surface area contributed by atoms with Gasteiger partial charge in [-0.1, -0.05) is 17.3 Å². The van der Waals surface area contributed by atoms with Gasteiger partial charge in [0.2, 0.25) is 0 Å². The van der Waals surface area contributed by atoms with Crippen LogP contribution in [0.25, 0.3) is 11.0 Å². The van der Waals surface area contributed by atoms with Crippen LogP contribution >= 0.6 is 0 Å². The van der Waals surface area contributed by atoms with Crippen LogP contribution in [0.15, 0.2) is 53.4 Å². The highest BCUT2D eigenvalue weighted by atomic mass is 16.5. The number of aldehydes is 1. The van der Waals surface area contributed by atoms with Crippen molar-refractivity contribution in [1.82, 2.24) is 10.1 Å². The molecule has 2 N–H and O–H groups in total. The number of aromatic nitrogens is 2. The first-order valence-electron chi connectivity index (χ1n) is 5.25. The van der Waals surface area contributed by atoms with Gasteiger partial charge in [-0.15, -0.1) is 0 Å². The molecule has 0 aliphatic carbocycles. The fraction of sp³-hybridized carbons (Fsp3) is 0. The fourth-order valence-corrected chi connectivity index (χ4v) is 1.33. The number of nitrogens with zero attached hydrogens (tertiary/aromatic N) is 2. The highest BCUT2D eigenvalue weighted by molar-refractivity contribution is 5.82. The van der Waals surface area contributed by atoms with Crippen LogP contribution in [-0.4, -0.2) is 16.4 Å². The summed E-state index contributed by atoms with van der Waals surface area (Å²) in [5.74, 6) is 0. The highest BCUT2D eigenvalue weighted by Crippen LogP contribution is 2.10. The van der Waals surface area contributed by atoms with Gasteiger partial charge in [0.05, 0.1) is 11.8 Å². The Bertz CT molecular complexity index is 619. The predicted molar refractivity (Wildman–Crippen MR) is 68.0 cm³/mol. The number of anilines is 1. The van der Waals surface area contributed by atoms with Crippen LogP contribution in [0.2, 0.25) is 0 Å². The van der Waals surface area contributed by atoms with E-state index in [1.54, 1.807) is 18.5 Å². The molecule has 1 aromatic carbocycles. The Labute approximate surface area is 103 Å². The second-order valence-corrected chi connectivity index (χ2v) is 3.49. The Morgan fingerprint density at radius 3 is 2.67 bits per heavy atom. The van der Waals surface area contributed by atoms with Crippen molar-refractivity contribution < 1.29 is 9.32 Å². The fourth-order valence-electron chi connectivity index (χ4n) is 1.33. The number of para-hydroxylation sites is 1. The maximum Gasteiger partial charge on any atom is 0.166 e. The van der Waals surface area contributed by atoms with E-state index in [0.29, 0.717) is 17.5 Å². The monoisotopic (exact) mass is 241 g/mol. The Hall–Kier alpha value is -2.69. The third kappa shape index (κ3) is 2.70. The molecule has 0 spiro atoms. The zero-order chi connectivity index (χ0) is 12.8. The number of benzene rings is 1. The number of carbonyl (C=O) groups is 1. The molecule has 0 radical (unpaired) electrons. The average Bonchev–Trinajstić information content (AvgIpc) is 2.88. The van der Waals surface area contributed by atoms with Gasteiger partial charge in [0.25, 0.3) is 0 Å². The molecule has 0 aliphatic rings. The molecule has 5 nitrogen and oxygen atoms in total. The molecule has 90 valence electrons. The van der Waals surface area contributed by atoms with Crippen molar-refractivity contribution in [3.05, 3.63) is 54.5 Å². The van der Waals surface area contributed by atoms with Gasteiger partial charge >= 0.3 is 0 Å². The number of hydrogen-bond donors (Lipinski definition) is 1. The summed E-state index contributed by atoms with van der Waals surface area (Å²) in [6.07, 6.45) is 5.36. The summed E-state index contributed by atoms with van der Waals surface area (Å²) in [6, 6.07) is 9.32. The lowest BCUT2D eigenvalue weighted by Crippen LogP contribution is -1.91. The van der Waals surface area contributed by atoms with E-state index in [-0.39, 0.29) is 0 Å². The number of pyridine rings is 1. The van der Waals surface area contributed by atoms with Crippen molar-refractivity contribution in [3.63, 3.8) is 0 Å². The standard InChI is InChI=1S/C7H5NO.C6H6N2O/c1-2-4-7-6(3-1)5-8-9-7;7-6-1-2-8-3-5(6)4-9/h1-5H;1-4H,(H2,7,8). The molecule has 0 unspecified atom stereocenters. The molecule has 0 atom stereocenters. The normalized spacial score (nSPS) is 9.56. The number of nitrogen functional groups attached to an aromatic ring is 1. The first-order valence-corrected chi connectivity index (χ1v) is 5.25. The summed E-state index contributed by atoms with van der Waals surface area (Å²) in [4.78, 5) is 13.8. The van der Waals surface area contributed by atoms with Crippen LogP contribution in [0.1, 0.15) is 10.4 Å². The first kappa shape index (κ1) is 11.8. The zero-order valence-corrected chi connectivity index (χ0v) is 9.48. The Kier molecular flexibility index (Phi) is 3.66. The van der Waals surface area contributed by atoms with Crippen molar-refractivity contribution in [2.45, 2.75) is 0 Å². The molecule has 3 rings (SSSR count). The largest absolute Gasteiger partial charge is 0.398 e. The third-order valence-corrected chi connectivity index (χ3v) is 2.28. The molecule has 0 saturated carbocycles. The number of rotatable bonds is 1. The van der Waals surface area contributed by atoms with Crippen LogP contribution in [-0.2, 0) is 0 Å². The Morgan fingerprint density at radius 2 is 2.00 bits per heavy atom. The average molecular weight is 241 g/mol. The van der Waals surface area contributed by atoms with E-state index in [1.165, 1.54) is 6.20 Å². The molecule has 18 heavy (non-hydrogen) atoms. The molecular weight excluding hydrogens is 230 g/mol. The van der Waals surface area contributed by atoms with Crippen LogP contribution in [0.4, 0.5) is 5.69 Å². The van der Waals surface area contributed by atoms with E-state index in [1.807, 2.05) is 24.3 Å². The summed E-state index contributed by atoms with van der Waals surface area (Å²) < 4.78 is 4.87. The highest BCUT2D eigenvalue weighted by Gasteiger charge is 1.92. The Morgan fingerprint density at radius 1 is 1.17 bits per heavy atom. The van der Waals surface area contributed by atoms with Crippen molar-refractivity contribution >= 4 is 22.9 Å². The molecule has 0 aliphatic heterocycles. The lowest BCUT2D eigenvalue weighted by atomic mass is 10.3. The second-order valence-electron chi connectivity index (χ2n) is 3.49. The minimum Gasteiger partial charge on any atom is -0.398 e. The number of carbonyl (C=O) groups excluding carboxylic acids is 1. The van der Waals surface area contributed by atoms with E-state index >= 15 is 0 Å². The second kappa shape index (κ2) is 5.58. The van der Waals surface area contributed by atoms with Gasteiger partial charge < -0.3 is 10.3 Å². The molecule has 5 heteroatoms. The first-order chi connectivity index (χ1) is 8.81. The quantitative estimate of drug-likeness (QED) is 0.661. The van der Waals surface area contributed by atoms with Crippen LogP contribution < -0.4 is 5.73 Å². The van der Waals surface area contributed by atoms with Gasteiger partial charge in [0.1, 0.15) is 0 Å². The van der Waals surface area contributed by atoms with Gasteiger partial charge in [-0.2, -0.15) is 0 Å². The molecule has 0 bridgehead atoms. The number of fused-ring (bicyclic) bond motifs is 1. The summed E-state index contributed by atoms with van der Waals surface area (Å²) in [5, 5.41) is 4.68. The smallest absolute Gasteiger partial charge is 0.166 e. The van der Waals surface area contributed by atoms with Gasteiger partial charge in [-0.05, 0) is 18.2 Å². The Balaban J connectivity index is 0.000000134. The molecule has 2 aromatic heterocycles.